The Morgan fingerprint density at radius 2 is 1.78 bits per heavy atom. The molecule has 0 saturated heterocycles. The number of benzene rings is 1. The molecule has 0 saturated carbocycles. The van der Waals surface area contributed by atoms with E-state index in [9.17, 15) is 4.39 Å². The van der Waals surface area contributed by atoms with Crippen LogP contribution in [-0.4, -0.2) is 24.3 Å². The summed E-state index contributed by atoms with van der Waals surface area (Å²) in [6.07, 6.45) is 9.30. The monoisotopic (exact) mass is 311 g/mol. The molecular formula is C17H18FN5. The molecule has 0 fully saturated rings. The third-order valence-electron chi connectivity index (χ3n) is 4.33. The van der Waals surface area contributed by atoms with Crippen molar-refractivity contribution in [2.75, 3.05) is 0 Å². The SMILES string of the molecule is Fc1ccc(-n2cncc2-c2nnc3n2CCCCCC3)cc1. The van der Waals surface area contributed by atoms with Gasteiger partial charge in [0.1, 0.15) is 17.3 Å². The van der Waals surface area contributed by atoms with Crippen molar-refractivity contribution in [1.82, 2.24) is 24.3 Å². The fourth-order valence-corrected chi connectivity index (χ4v) is 3.12. The zero-order valence-electron chi connectivity index (χ0n) is 12.8. The second-order valence-electron chi connectivity index (χ2n) is 5.88. The Hall–Kier alpha value is -2.50. The van der Waals surface area contributed by atoms with E-state index in [2.05, 4.69) is 19.7 Å². The minimum atomic E-state index is -0.247. The molecule has 23 heavy (non-hydrogen) atoms. The van der Waals surface area contributed by atoms with Gasteiger partial charge in [-0.15, -0.1) is 10.2 Å². The van der Waals surface area contributed by atoms with Crippen molar-refractivity contribution in [2.45, 2.75) is 38.6 Å². The van der Waals surface area contributed by atoms with Crippen molar-refractivity contribution in [3.63, 3.8) is 0 Å². The van der Waals surface area contributed by atoms with Crippen molar-refractivity contribution in [3.05, 3.63) is 48.4 Å². The van der Waals surface area contributed by atoms with Crippen molar-refractivity contribution in [2.24, 2.45) is 0 Å². The molecule has 3 heterocycles. The molecule has 118 valence electrons. The van der Waals surface area contributed by atoms with E-state index in [4.69, 9.17) is 0 Å². The number of hydrogen-bond donors (Lipinski definition) is 0. The van der Waals surface area contributed by atoms with Gasteiger partial charge in [-0.25, -0.2) is 9.37 Å². The van der Waals surface area contributed by atoms with Crippen molar-refractivity contribution < 1.29 is 4.39 Å². The van der Waals surface area contributed by atoms with Crippen molar-refractivity contribution in [1.29, 1.82) is 0 Å². The van der Waals surface area contributed by atoms with Crippen LogP contribution in [0.5, 0.6) is 0 Å². The molecule has 0 amide bonds. The van der Waals surface area contributed by atoms with Gasteiger partial charge in [0, 0.05) is 18.7 Å². The van der Waals surface area contributed by atoms with Crippen LogP contribution < -0.4 is 0 Å². The molecule has 0 spiro atoms. The molecule has 1 aliphatic heterocycles. The summed E-state index contributed by atoms with van der Waals surface area (Å²) in [5.74, 6) is 1.64. The third-order valence-corrected chi connectivity index (χ3v) is 4.33. The predicted molar refractivity (Wildman–Crippen MR) is 84.7 cm³/mol. The highest BCUT2D eigenvalue weighted by molar-refractivity contribution is 5.54. The van der Waals surface area contributed by atoms with E-state index in [1.165, 1.54) is 25.0 Å². The van der Waals surface area contributed by atoms with Gasteiger partial charge in [-0.2, -0.15) is 0 Å². The standard InChI is InChI=1S/C17H18FN5/c18-13-6-8-14(9-7-13)23-12-19-11-15(23)17-21-20-16-5-3-1-2-4-10-22(16)17/h6-9,11-12H,1-5,10H2. The van der Waals surface area contributed by atoms with E-state index < -0.39 is 0 Å². The number of nitrogens with zero attached hydrogens (tertiary/aromatic N) is 5. The maximum absolute atomic E-state index is 13.2. The minimum absolute atomic E-state index is 0.247. The second-order valence-corrected chi connectivity index (χ2v) is 5.88. The molecule has 5 nitrogen and oxygen atoms in total. The van der Waals surface area contributed by atoms with E-state index in [0.29, 0.717) is 0 Å². The van der Waals surface area contributed by atoms with Crippen molar-refractivity contribution in [3.8, 4) is 17.2 Å². The molecular weight excluding hydrogens is 293 g/mol. The second kappa shape index (κ2) is 5.95. The van der Waals surface area contributed by atoms with Crippen LogP contribution in [0.25, 0.3) is 17.2 Å². The molecule has 0 radical (unpaired) electrons. The summed E-state index contributed by atoms with van der Waals surface area (Å²) in [6.45, 7) is 0.937. The minimum Gasteiger partial charge on any atom is -0.310 e. The first-order valence-electron chi connectivity index (χ1n) is 8.04. The van der Waals surface area contributed by atoms with E-state index in [1.807, 2.05) is 4.57 Å². The summed E-state index contributed by atoms with van der Waals surface area (Å²) < 4.78 is 17.3. The van der Waals surface area contributed by atoms with E-state index in [-0.39, 0.29) is 5.82 Å². The summed E-state index contributed by atoms with van der Waals surface area (Å²) in [5.41, 5.74) is 1.75. The van der Waals surface area contributed by atoms with Crippen LogP contribution in [0.1, 0.15) is 31.5 Å². The van der Waals surface area contributed by atoms with Crippen LogP contribution >= 0.6 is 0 Å². The molecule has 4 rings (SSSR count). The number of aromatic nitrogens is 5. The average molecular weight is 311 g/mol. The zero-order chi connectivity index (χ0) is 15.6. The Bertz CT molecular complexity index is 803. The molecule has 1 aromatic carbocycles. The molecule has 2 aromatic heterocycles. The van der Waals surface area contributed by atoms with Gasteiger partial charge >= 0.3 is 0 Å². The van der Waals surface area contributed by atoms with Gasteiger partial charge in [0.05, 0.1) is 12.5 Å². The lowest BCUT2D eigenvalue weighted by atomic mass is 10.1. The summed E-state index contributed by atoms with van der Waals surface area (Å²) in [5, 5.41) is 8.78. The maximum Gasteiger partial charge on any atom is 0.182 e. The molecule has 6 heteroatoms. The largest absolute Gasteiger partial charge is 0.310 e. The highest BCUT2D eigenvalue weighted by Crippen LogP contribution is 2.24. The highest BCUT2D eigenvalue weighted by Gasteiger charge is 2.18. The molecule has 0 bridgehead atoms. The van der Waals surface area contributed by atoms with Crippen LogP contribution in [0.4, 0.5) is 4.39 Å². The van der Waals surface area contributed by atoms with Crippen LogP contribution in [0.15, 0.2) is 36.8 Å². The van der Waals surface area contributed by atoms with Gasteiger partial charge in [-0.3, -0.25) is 4.57 Å². The topological polar surface area (TPSA) is 48.5 Å². The summed E-state index contributed by atoms with van der Waals surface area (Å²) in [7, 11) is 0. The lowest BCUT2D eigenvalue weighted by Crippen LogP contribution is -2.10. The zero-order valence-corrected chi connectivity index (χ0v) is 12.8. The summed E-state index contributed by atoms with van der Waals surface area (Å²) in [6, 6.07) is 6.39. The van der Waals surface area contributed by atoms with Gasteiger partial charge < -0.3 is 4.57 Å². The Balaban J connectivity index is 1.77. The number of hydrogen-bond acceptors (Lipinski definition) is 3. The Labute approximate surface area is 133 Å². The maximum atomic E-state index is 13.2. The van der Waals surface area contributed by atoms with E-state index in [0.717, 1.165) is 48.8 Å². The van der Waals surface area contributed by atoms with Gasteiger partial charge in [0.15, 0.2) is 5.82 Å². The van der Waals surface area contributed by atoms with E-state index >= 15 is 0 Å². The van der Waals surface area contributed by atoms with Crippen LogP contribution in [0.3, 0.4) is 0 Å². The molecule has 1 aliphatic rings. The Kier molecular flexibility index (Phi) is 3.65. The quantitative estimate of drug-likeness (QED) is 0.729. The smallest absolute Gasteiger partial charge is 0.182 e. The molecule has 0 atom stereocenters. The number of aryl methyl sites for hydroxylation is 1. The van der Waals surface area contributed by atoms with Gasteiger partial charge in [-0.1, -0.05) is 12.8 Å². The first kappa shape index (κ1) is 14.1. The Morgan fingerprint density at radius 1 is 0.957 bits per heavy atom. The van der Waals surface area contributed by atoms with Crippen LogP contribution in [0.2, 0.25) is 0 Å². The molecule has 0 aliphatic carbocycles. The molecule has 0 N–H and O–H groups in total. The van der Waals surface area contributed by atoms with Crippen molar-refractivity contribution >= 4 is 0 Å². The number of fused-ring (bicyclic) bond motifs is 1. The van der Waals surface area contributed by atoms with Crippen LogP contribution in [-0.2, 0) is 13.0 Å². The molecule has 3 aromatic rings. The number of rotatable bonds is 2. The Morgan fingerprint density at radius 3 is 2.65 bits per heavy atom. The predicted octanol–water partition coefficient (Wildman–Crippen LogP) is 3.39. The van der Waals surface area contributed by atoms with Gasteiger partial charge in [-0.05, 0) is 37.1 Å². The first-order valence-corrected chi connectivity index (χ1v) is 8.04. The normalized spacial score (nSPS) is 15.0. The number of imidazole rings is 1. The average Bonchev–Trinajstić information content (AvgIpc) is 3.14. The highest BCUT2D eigenvalue weighted by atomic mass is 19.1. The first-order chi connectivity index (χ1) is 11.3. The summed E-state index contributed by atoms with van der Waals surface area (Å²) in [4.78, 5) is 4.26. The van der Waals surface area contributed by atoms with Gasteiger partial charge in [0.25, 0.3) is 0 Å². The van der Waals surface area contributed by atoms with E-state index in [1.54, 1.807) is 24.7 Å². The fraction of sp³-hybridized carbons (Fsp3) is 0.353. The lowest BCUT2D eigenvalue weighted by Gasteiger charge is -2.14. The number of halogens is 1. The third kappa shape index (κ3) is 2.65. The summed E-state index contributed by atoms with van der Waals surface area (Å²) >= 11 is 0. The fourth-order valence-electron chi connectivity index (χ4n) is 3.12. The lowest BCUT2D eigenvalue weighted by molar-refractivity contribution is 0.518. The van der Waals surface area contributed by atoms with Crippen LogP contribution in [0, 0.1) is 5.82 Å². The molecule has 0 unspecified atom stereocenters. The van der Waals surface area contributed by atoms with Gasteiger partial charge in [0.2, 0.25) is 0 Å².